The first-order chi connectivity index (χ1) is 30.7. The first-order valence-corrected chi connectivity index (χ1v) is 21.3. The van der Waals surface area contributed by atoms with Crippen LogP contribution in [0.5, 0.6) is 0 Å². The second-order valence-electron chi connectivity index (χ2n) is 16.1. The fourth-order valence-corrected chi connectivity index (χ4v) is 9.61. The van der Waals surface area contributed by atoms with Gasteiger partial charge in [0.2, 0.25) is 0 Å². The summed E-state index contributed by atoms with van der Waals surface area (Å²) in [4.78, 5) is 2.43. The standard InChI is InChI=1S/C60H40N2/c1-3-16-41(17-4-1)44-23-15-24-49(36-44)61(48-32-30-43(31-33-48)55-38-47-22-9-10-25-51(47)52-26-11-12-27-53(52)55)59-35-34-50(40-56(59)42-18-5-2-6-19-42)62-58-29-14-13-28-54(58)57-37-45-20-7-8-21-46(45)39-60(57)62/h1-40H. The maximum absolute atomic E-state index is 2.44. The molecule has 290 valence electrons. The number of rotatable bonds is 7. The molecule has 62 heavy (non-hydrogen) atoms. The van der Waals surface area contributed by atoms with Crippen LogP contribution in [-0.2, 0) is 0 Å². The third-order valence-corrected chi connectivity index (χ3v) is 12.5. The normalized spacial score (nSPS) is 11.5. The molecule has 1 heterocycles. The molecular formula is C60H40N2. The SMILES string of the molecule is c1ccc(-c2cccc(N(c3ccc(-c4cc5ccccc5c5ccccc45)cc3)c3ccc(-n4c5ccccc5c5cc6ccccc6cc54)cc3-c3ccccc3)c2)cc1. The van der Waals surface area contributed by atoms with E-state index in [1.807, 2.05) is 0 Å². The third kappa shape index (κ3) is 6.04. The van der Waals surface area contributed by atoms with Crippen LogP contribution >= 0.6 is 0 Å². The van der Waals surface area contributed by atoms with Gasteiger partial charge < -0.3 is 9.47 Å². The van der Waals surface area contributed by atoms with E-state index in [0.29, 0.717) is 0 Å². The molecule has 0 spiro atoms. The molecule has 0 atom stereocenters. The Morgan fingerprint density at radius 3 is 1.65 bits per heavy atom. The van der Waals surface area contributed by atoms with Crippen molar-refractivity contribution in [2.45, 2.75) is 0 Å². The van der Waals surface area contributed by atoms with Crippen molar-refractivity contribution in [1.82, 2.24) is 4.57 Å². The van der Waals surface area contributed by atoms with Crippen molar-refractivity contribution >= 4 is 71.2 Å². The summed E-state index contributed by atoms with van der Waals surface area (Å²) < 4.78 is 2.44. The van der Waals surface area contributed by atoms with Gasteiger partial charge in [0, 0.05) is 33.4 Å². The van der Waals surface area contributed by atoms with Gasteiger partial charge in [-0.3, -0.25) is 0 Å². The molecule has 2 heteroatoms. The van der Waals surface area contributed by atoms with Gasteiger partial charge in [0.25, 0.3) is 0 Å². The lowest BCUT2D eigenvalue weighted by atomic mass is 9.93. The van der Waals surface area contributed by atoms with E-state index in [2.05, 4.69) is 252 Å². The highest BCUT2D eigenvalue weighted by molar-refractivity contribution is 6.15. The Morgan fingerprint density at radius 1 is 0.274 bits per heavy atom. The summed E-state index contributed by atoms with van der Waals surface area (Å²) in [5.41, 5.74) is 13.8. The van der Waals surface area contributed by atoms with Crippen molar-refractivity contribution in [1.29, 1.82) is 0 Å². The smallest absolute Gasteiger partial charge is 0.0547 e. The highest BCUT2D eigenvalue weighted by Gasteiger charge is 2.21. The molecule has 12 rings (SSSR count). The van der Waals surface area contributed by atoms with Crippen LogP contribution in [0.25, 0.3) is 93.2 Å². The summed E-state index contributed by atoms with van der Waals surface area (Å²) in [6.45, 7) is 0. The van der Waals surface area contributed by atoms with Crippen LogP contribution in [-0.4, -0.2) is 4.57 Å². The average molecular weight is 789 g/mol. The van der Waals surface area contributed by atoms with Crippen molar-refractivity contribution in [2.75, 3.05) is 4.90 Å². The van der Waals surface area contributed by atoms with E-state index < -0.39 is 0 Å². The summed E-state index contributed by atoms with van der Waals surface area (Å²) in [6, 6.07) is 88.6. The lowest BCUT2D eigenvalue weighted by Crippen LogP contribution is -2.12. The van der Waals surface area contributed by atoms with Crippen molar-refractivity contribution < 1.29 is 0 Å². The number of hydrogen-bond acceptors (Lipinski definition) is 1. The Morgan fingerprint density at radius 2 is 0.871 bits per heavy atom. The number of fused-ring (bicyclic) bond motifs is 7. The highest BCUT2D eigenvalue weighted by atomic mass is 15.1. The van der Waals surface area contributed by atoms with Gasteiger partial charge in [-0.1, -0.05) is 176 Å². The van der Waals surface area contributed by atoms with Crippen molar-refractivity contribution in [3.63, 3.8) is 0 Å². The molecule has 0 saturated heterocycles. The van der Waals surface area contributed by atoms with Gasteiger partial charge in [-0.2, -0.15) is 0 Å². The molecule has 12 aromatic rings. The zero-order chi connectivity index (χ0) is 41.0. The fraction of sp³-hybridized carbons (Fsp3) is 0. The monoisotopic (exact) mass is 788 g/mol. The Bertz CT molecular complexity index is 3620. The molecule has 0 amide bonds. The predicted molar refractivity (Wildman–Crippen MR) is 264 cm³/mol. The van der Waals surface area contributed by atoms with E-state index in [9.17, 15) is 0 Å². The number of benzene rings is 11. The maximum Gasteiger partial charge on any atom is 0.0547 e. The van der Waals surface area contributed by atoms with Crippen LogP contribution in [0.4, 0.5) is 17.1 Å². The molecule has 0 N–H and O–H groups in total. The van der Waals surface area contributed by atoms with Crippen LogP contribution in [0.1, 0.15) is 0 Å². The molecular weight excluding hydrogens is 749 g/mol. The van der Waals surface area contributed by atoms with Gasteiger partial charge in [-0.05, 0) is 127 Å². The van der Waals surface area contributed by atoms with E-state index in [1.165, 1.54) is 76.4 Å². The molecule has 0 aliphatic rings. The van der Waals surface area contributed by atoms with Crippen molar-refractivity contribution in [3.05, 3.63) is 243 Å². The largest absolute Gasteiger partial charge is 0.310 e. The number of anilines is 3. The van der Waals surface area contributed by atoms with Crippen molar-refractivity contribution in [3.8, 4) is 39.1 Å². The molecule has 0 unspecified atom stereocenters. The molecule has 0 aliphatic heterocycles. The van der Waals surface area contributed by atoms with Crippen LogP contribution in [0.15, 0.2) is 243 Å². The topological polar surface area (TPSA) is 8.17 Å². The third-order valence-electron chi connectivity index (χ3n) is 12.5. The van der Waals surface area contributed by atoms with Gasteiger partial charge >= 0.3 is 0 Å². The van der Waals surface area contributed by atoms with Crippen LogP contribution in [0, 0.1) is 0 Å². The van der Waals surface area contributed by atoms with E-state index >= 15 is 0 Å². The highest BCUT2D eigenvalue weighted by Crippen LogP contribution is 2.45. The van der Waals surface area contributed by atoms with Crippen LogP contribution in [0.3, 0.4) is 0 Å². The van der Waals surface area contributed by atoms with Crippen LogP contribution in [0.2, 0.25) is 0 Å². The van der Waals surface area contributed by atoms with E-state index in [1.54, 1.807) is 0 Å². The Hall–Kier alpha value is -8.20. The summed E-state index contributed by atoms with van der Waals surface area (Å²) in [7, 11) is 0. The number of para-hydroxylation sites is 1. The van der Waals surface area contributed by atoms with Gasteiger partial charge in [0.1, 0.15) is 0 Å². The number of aromatic nitrogens is 1. The zero-order valence-corrected chi connectivity index (χ0v) is 34.0. The molecule has 0 saturated carbocycles. The minimum absolute atomic E-state index is 1.08. The second-order valence-corrected chi connectivity index (χ2v) is 16.1. The molecule has 1 aromatic heterocycles. The Kier molecular flexibility index (Phi) is 8.53. The summed E-state index contributed by atoms with van der Waals surface area (Å²) >= 11 is 0. The number of hydrogen-bond donors (Lipinski definition) is 0. The molecule has 11 aromatic carbocycles. The van der Waals surface area contributed by atoms with Gasteiger partial charge in [-0.25, -0.2) is 0 Å². The van der Waals surface area contributed by atoms with Crippen LogP contribution < -0.4 is 4.90 Å². The molecule has 0 bridgehead atoms. The lowest BCUT2D eigenvalue weighted by molar-refractivity contribution is 1.18. The summed E-state index contributed by atoms with van der Waals surface area (Å²) in [6.07, 6.45) is 0. The van der Waals surface area contributed by atoms with Gasteiger partial charge in [0.15, 0.2) is 0 Å². The first kappa shape index (κ1) is 35.7. The van der Waals surface area contributed by atoms with Gasteiger partial charge in [0.05, 0.1) is 16.7 Å². The van der Waals surface area contributed by atoms with E-state index in [4.69, 9.17) is 0 Å². The van der Waals surface area contributed by atoms with E-state index in [-0.39, 0.29) is 0 Å². The quantitative estimate of drug-likeness (QED) is 0.146. The molecule has 0 fully saturated rings. The maximum atomic E-state index is 2.44. The zero-order valence-electron chi connectivity index (χ0n) is 34.0. The van der Waals surface area contributed by atoms with E-state index in [0.717, 1.165) is 33.9 Å². The predicted octanol–water partition coefficient (Wildman–Crippen LogP) is 16.7. The number of nitrogens with zero attached hydrogens (tertiary/aromatic N) is 2. The fourth-order valence-electron chi connectivity index (χ4n) is 9.61. The average Bonchev–Trinajstić information content (AvgIpc) is 3.67. The second kappa shape index (κ2) is 14.8. The van der Waals surface area contributed by atoms with Crippen molar-refractivity contribution in [2.24, 2.45) is 0 Å². The first-order valence-electron chi connectivity index (χ1n) is 21.3. The molecule has 2 nitrogen and oxygen atoms in total. The minimum atomic E-state index is 1.08. The summed E-state index contributed by atoms with van der Waals surface area (Å²) in [5.74, 6) is 0. The molecule has 0 aliphatic carbocycles. The Balaban J connectivity index is 1.08. The Labute approximate surface area is 360 Å². The summed E-state index contributed by atoms with van der Waals surface area (Å²) in [5, 5.41) is 10.0. The molecule has 0 radical (unpaired) electrons. The lowest BCUT2D eigenvalue weighted by Gasteiger charge is -2.29. The van der Waals surface area contributed by atoms with Gasteiger partial charge in [-0.15, -0.1) is 0 Å². The minimum Gasteiger partial charge on any atom is -0.310 e.